The molecule has 0 radical (unpaired) electrons. The van der Waals surface area contributed by atoms with E-state index in [1.165, 1.54) is 28.6 Å². The lowest BCUT2D eigenvalue weighted by atomic mass is 9.88. The summed E-state index contributed by atoms with van der Waals surface area (Å²) in [6.07, 6.45) is -1.78. The van der Waals surface area contributed by atoms with Crippen LogP contribution >= 0.6 is 0 Å². The molecule has 6 N–H and O–H groups in total. The molecule has 0 saturated heterocycles. The number of sulfonamides is 1. The van der Waals surface area contributed by atoms with Crippen LogP contribution in [0, 0.1) is 32.1 Å². The molecule has 0 saturated carbocycles. The highest BCUT2D eigenvalue weighted by molar-refractivity contribution is 7.88. The molecule has 0 spiro atoms. The van der Waals surface area contributed by atoms with E-state index in [-0.39, 0.29) is 57.8 Å². The van der Waals surface area contributed by atoms with Gasteiger partial charge in [0.15, 0.2) is 0 Å². The molecule has 0 fully saturated rings. The largest absolute Gasteiger partial charge is 0.462 e. The van der Waals surface area contributed by atoms with E-state index in [2.05, 4.69) is 31.9 Å². The zero-order valence-electron chi connectivity index (χ0n) is 42.9. The van der Waals surface area contributed by atoms with Crippen LogP contribution in [0.2, 0.25) is 0 Å². The number of ether oxygens (including phenoxy) is 7. The number of hydrogen-bond acceptors (Lipinski definition) is 16. The van der Waals surface area contributed by atoms with E-state index in [9.17, 15) is 42.0 Å². The number of carbonyl (C=O) groups excluding carboxylic acids is 7. The van der Waals surface area contributed by atoms with Crippen molar-refractivity contribution in [3.8, 4) is 0 Å². The molecule has 73 heavy (non-hydrogen) atoms. The van der Waals surface area contributed by atoms with Crippen LogP contribution in [0.5, 0.6) is 0 Å². The fourth-order valence-electron chi connectivity index (χ4n) is 6.35. The highest BCUT2D eigenvalue weighted by Gasteiger charge is 2.35. The molecule has 0 aliphatic carbocycles. The molecule has 24 heteroatoms. The number of rotatable bonds is 26. The van der Waals surface area contributed by atoms with Crippen LogP contribution < -0.4 is 31.9 Å². The summed E-state index contributed by atoms with van der Waals surface area (Å²) in [5.41, 5.74) is 2.54. The number of nitrogens with zero attached hydrogens (tertiary/aromatic N) is 1. The highest BCUT2D eigenvalue weighted by Crippen LogP contribution is 2.28. The van der Waals surface area contributed by atoms with Gasteiger partial charge in [-0.25, -0.2) is 37.2 Å². The van der Waals surface area contributed by atoms with Crippen molar-refractivity contribution in [2.75, 3.05) is 97.5 Å². The molecule has 3 aromatic carbocycles. The predicted octanol–water partition coefficient (Wildman–Crippen LogP) is 9.37. The number of aryl methyl sites for hydroxylation is 3. The van der Waals surface area contributed by atoms with Gasteiger partial charge in [-0.15, -0.1) is 0 Å². The molecule has 0 aliphatic rings. The maximum atomic E-state index is 13.3. The van der Waals surface area contributed by atoms with Gasteiger partial charge in [0.05, 0.1) is 24.2 Å². The van der Waals surface area contributed by atoms with Crippen LogP contribution in [0.25, 0.3) is 0 Å². The SMILES string of the molecule is CCCOC(=O)Nc1ccc(NC(=O)OCC(CC)(COC(=O)Nc2ccc(NC(=O)OCCOC(=O)C(C)CC)cc2C)COC(=O)Nc2ccc(NC(=O)OCCN(CCC)S(C)(=O)=O)cc2C)cc1C. The van der Waals surface area contributed by atoms with Gasteiger partial charge in [-0.3, -0.25) is 36.7 Å². The van der Waals surface area contributed by atoms with Crippen LogP contribution in [0.15, 0.2) is 54.6 Å². The third-order valence-corrected chi connectivity index (χ3v) is 12.2. The van der Waals surface area contributed by atoms with Crippen LogP contribution in [-0.2, 0) is 48.0 Å². The average Bonchev–Trinajstić information content (AvgIpc) is 3.33. The molecular weight excluding hydrogens is 975 g/mol. The van der Waals surface area contributed by atoms with Crippen molar-refractivity contribution in [2.45, 2.75) is 81.1 Å². The predicted molar refractivity (Wildman–Crippen MR) is 273 cm³/mol. The first kappa shape index (κ1) is 60.0. The Kier molecular flexibility index (Phi) is 24.5. The average molecular weight is 1040 g/mol. The minimum absolute atomic E-state index is 0.00670. The Hall–Kier alpha value is -7.34. The Labute approximate surface area is 426 Å². The Morgan fingerprint density at radius 3 is 1.25 bits per heavy atom. The van der Waals surface area contributed by atoms with Gasteiger partial charge in [-0.1, -0.05) is 34.6 Å². The summed E-state index contributed by atoms with van der Waals surface area (Å²) in [6.45, 7) is 13.0. The summed E-state index contributed by atoms with van der Waals surface area (Å²) >= 11 is 0. The highest BCUT2D eigenvalue weighted by atomic mass is 32.2. The maximum absolute atomic E-state index is 13.3. The zero-order chi connectivity index (χ0) is 54.1. The Balaban J connectivity index is 1.68. The topological polar surface area (TPSA) is 294 Å². The Morgan fingerprint density at radius 2 is 0.877 bits per heavy atom. The summed E-state index contributed by atoms with van der Waals surface area (Å²) in [6, 6.07) is 13.9. The molecule has 0 heterocycles. The fourth-order valence-corrected chi connectivity index (χ4v) is 7.27. The summed E-state index contributed by atoms with van der Waals surface area (Å²) in [7, 11) is -3.47. The van der Waals surface area contributed by atoms with Crippen molar-refractivity contribution in [1.82, 2.24) is 4.31 Å². The van der Waals surface area contributed by atoms with Gasteiger partial charge in [0, 0.05) is 47.2 Å². The molecule has 23 nitrogen and oxygen atoms in total. The third-order valence-electron chi connectivity index (χ3n) is 10.9. The lowest BCUT2D eigenvalue weighted by Crippen LogP contribution is -2.40. The van der Waals surface area contributed by atoms with Gasteiger partial charge in [0.2, 0.25) is 10.0 Å². The van der Waals surface area contributed by atoms with Gasteiger partial charge < -0.3 is 33.2 Å². The maximum Gasteiger partial charge on any atom is 0.411 e. The van der Waals surface area contributed by atoms with Gasteiger partial charge in [0.25, 0.3) is 0 Å². The quantitative estimate of drug-likeness (QED) is 0.0248. The second kappa shape index (κ2) is 29.9. The smallest absolute Gasteiger partial charge is 0.411 e. The third kappa shape index (κ3) is 21.5. The summed E-state index contributed by atoms with van der Waals surface area (Å²) < 4.78 is 62.5. The lowest BCUT2D eigenvalue weighted by molar-refractivity contribution is -0.149. The molecule has 2 unspecified atom stereocenters. The first-order chi connectivity index (χ1) is 34.6. The Morgan fingerprint density at radius 1 is 0.507 bits per heavy atom. The summed E-state index contributed by atoms with van der Waals surface area (Å²) in [5, 5.41) is 15.7. The lowest BCUT2D eigenvalue weighted by Gasteiger charge is -2.31. The molecule has 0 bridgehead atoms. The standard InChI is InChI=1S/C49H69N7O16S/c1-10-20-56(73(9,64)65)21-23-68-43(58)50-36-14-18-40(34(7)26-36)54-47(62)71-30-49(13-4,29-70-45(60)52-38-16-17-39(33(6)28-38)53-46(61)67-22-11-2)31-72-48(63)55-41-19-15-37(27-35(41)8)51-44(59)69-25-24-66-42(57)32(5)12-3/h14-19,26-28,32H,10-13,20-25,29-31H2,1-9H3,(H,50,58)(H,51,59)(H,52,60)(H,53,61)(H,54,62)(H,55,63). The molecule has 2 atom stereocenters. The second-order valence-corrected chi connectivity index (χ2v) is 19.0. The normalized spacial score (nSPS) is 12.2. The second-order valence-electron chi connectivity index (χ2n) is 17.0. The van der Waals surface area contributed by atoms with Crippen molar-refractivity contribution < 1.29 is 75.1 Å². The van der Waals surface area contributed by atoms with Crippen molar-refractivity contribution in [1.29, 1.82) is 0 Å². The van der Waals surface area contributed by atoms with Gasteiger partial charge in [-0.05, 0) is 118 Å². The first-order valence-corrected chi connectivity index (χ1v) is 25.5. The Bertz CT molecular complexity index is 2490. The zero-order valence-corrected chi connectivity index (χ0v) is 43.7. The van der Waals surface area contributed by atoms with Gasteiger partial charge >= 0.3 is 42.5 Å². The van der Waals surface area contributed by atoms with Crippen molar-refractivity contribution >= 4 is 86.7 Å². The van der Waals surface area contributed by atoms with Gasteiger partial charge in [-0.2, -0.15) is 4.31 Å². The van der Waals surface area contributed by atoms with E-state index in [0.29, 0.717) is 70.1 Å². The summed E-state index contributed by atoms with van der Waals surface area (Å²) in [5.74, 6) is -0.654. The molecule has 0 aromatic heterocycles. The van der Waals surface area contributed by atoms with E-state index >= 15 is 0 Å². The molecule has 3 aromatic rings. The van der Waals surface area contributed by atoms with Crippen LogP contribution in [0.4, 0.5) is 62.9 Å². The first-order valence-electron chi connectivity index (χ1n) is 23.7. The molecule has 6 amide bonds. The van der Waals surface area contributed by atoms with Crippen LogP contribution in [0.3, 0.4) is 0 Å². The number of hydrogen-bond donors (Lipinski definition) is 6. The van der Waals surface area contributed by atoms with E-state index in [0.717, 1.165) is 6.26 Å². The fraction of sp³-hybridized carbons (Fsp3) is 0.490. The van der Waals surface area contributed by atoms with Crippen molar-refractivity contribution in [3.05, 3.63) is 71.3 Å². The van der Waals surface area contributed by atoms with E-state index < -0.39 is 71.8 Å². The van der Waals surface area contributed by atoms with Crippen molar-refractivity contribution in [3.63, 3.8) is 0 Å². The van der Waals surface area contributed by atoms with E-state index in [4.69, 9.17) is 33.2 Å². The van der Waals surface area contributed by atoms with E-state index in [1.807, 2.05) is 20.8 Å². The monoisotopic (exact) mass is 1040 g/mol. The molecular formula is C49H69N7O16S. The minimum atomic E-state index is -3.47. The number of amides is 6. The molecule has 0 aliphatic heterocycles. The molecule has 402 valence electrons. The minimum Gasteiger partial charge on any atom is -0.462 e. The number of carbonyl (C=O) groups is 7. The number of esters is 1. The molecule has 3 rings (SSSR count). The van der Waals surface area contributed by atoms with Crippen molar-refractivity contribution in [2.24, 2.45) is 11.3 Å². The van der Waals surface area contributed by atoms with E-state index in [1.54, 1.807) is 65.0 Å². The van der Waals surface area contributed by atoms with Gasteiger partial charge in [0.1, 0.15) is 39.6 Å². The summed E-state index contributed by atoms with van der Waals surface area (Å²) in [4.78, 5) is 88.4. The number of nitrogens with one attached hydrogen (secondary N) is 6. The van der Waals surface area contributed by atoms with Crippen LogP contribution in [0.1, 0.15) is 77.0 Å². The number of benzene rings is 3. The number of anilines is 6. The van der Waals surface area contributed by atoms with Crippen LogP contribution in [-0.4, -0.2) is 121 Å².